The number of sulfonamides is 1. The van der Waals surface area contributed by atoms with Crippen molar-refractivity contribution in [3.05, 3.63) is 29.8 Å². The summed E-state index contributed by atoms with van der Waals surface area (Å²) in [4.78, 5) is 14.1. The van der Waals surface area contributed by atoms with E-state index in [9.17, 15) is 13.2 Å². The molecule has 1 aliphatic heterocycles. The molecule has 0 aromatic heterocycles. The summed E-state index contributed by atoms with van der Waals surface area (Å²) in [7, 11) is -1.93. The van der Waals surface area contributed by atoms with Crippen LogP contribution in [0, 0.1) is 0 Å². The van der Waals surface area contributed by atoms with Gasteiger partial charge in [0.05, 0.1) is 12.8 Å². The molecule has 7 heteroatoms. The Balaban J connectivity index is 1.86. The summed E-state index contributed by atoms with van der Waals surface area (Å²) >= 11 is 0. The summed E-state index contributed by atoms with van der Waals surface area (Å²) in [6.07, 6.45) is 2.11. The zero-order valence-corrected chi connectivity index (χ0v) is 14.1. The molecule has 1 amide bonds. The number of benzene rings is 1. The standard InChI is InChI=1S/C15H23N3O3S/c1-12(10-16-15(19)11-17(2)22(3,20)21)18-9-8-13-6-4-5-7-14(13)18/h4-7,12H,8-11H2,1-3H3,(H,16,19)/t12-/m0/s1. The summed E-state index contributed by atoms with van der Waals surface area (Å²) in [6, 6.07) is 8.44. The molecule has 0 saturated carbocycles. The number of fused-ring (bicyclic) bond motifs is 1. The third-order valence-electron chi connectivity index (χ3n) is 3.98. The quantitative estimate of drug-likeness (QED) is 0.824. The minimum Gasteiger partial charge on any atom is -0.366 e. The number of rotatable bonds is 6. The van der Waals surface area contributed by atoms with Gasteiger partial charge in [-0.05, 0) is 25.0 Å². The smallest absolute Gasteiger partial charge is 0.235 e. The molecule has 122 valence electrons. The first-order valence-corrected chi connectivity index (χ1v) is 9.16. The van der Waals surface area contributed by atoms with Gasteiger partial charge in [0.1, 0.15) is 0 Å². The number of anilines is 1. The van der Waals surface area contributed by atoms with E-state index in [4.69, 9.17) is 0 Å². The van der Waals surface area contributed by atoms with Crippen molar-refractivity contribution in [1.82, 2.24) is 9.62 Å². The van der Waals surface area contributed by atoms with Crippen LogP contribution in [0.15, 0.2) is 24.3 Å². The molecule has 0 fully saturated rings. The zero-order chi connectivity index (χ0) is 16.3. The van der Waals surface area contributed by atoms with Crippen molar-refractivity contribution in [2.24, 2.45) is 0 Å². The minimum atomic E-state index is -3.33. The van der Waals surface area contributed by atoms with Crippen molar-refractivity contribution in [2.75, 3.05) is 37.8 Å². The van der Waals surface area contributed by atoms with Crippen LogP contribution in [-0.4, -0.2) is 57.6 Å². The molecule has 0 spiro atoms. The number of carbonyl (C=O) groups excluding carboxylic acids is 1. The fourth-order valence-electron chi connectivity index (χ4n) is 2.57. The van der Waals surface area contributed by atoms with E-state index < -0.39 is 10.0 Å². The van der Waals surface area contributed by atoms with E-state index in [2.05, 4.69) is 29.3 Å². The van der Waals surface area contributed by atoms with E-state index in [1.807, 2.05) is 12.1 Å². The first kappa shape index (κ1) is 16.8. The molecule has 6 nitrogen and oxygen atoms in total. The lowest BCUT2D eigenvalue weighted by molar-refractivity contribution is -0.121. The number of amides is 1. The monoisotopic (exact) mass is 325 g/mol. The molecular weight excluding hydrogens is 302 g/mol. The fourth-order valence-corrected chi connectivity index (χ4v) is 2.92. The SMILES string of the molecule is C[C@@H](CNC(=O)CN(C)S(C)(=O)=O)N1CCc2ccccc21. The van der Waals surface area contributed by atoms with E-state index >= 15 is 0 Å². The maximum absolute atomic E-state index is 11.8. The van der Waals surface area contributed by atoms with Crippen LogP contribution in [0.5, 0.6) is 0 Å². The topological polar surface area (TPSA) is 69.7 Å². The molecule has 1 aliphatic rings. The maximum Gasteiger partial charge on any atom is 0.235 e. The van der Waals surface area contributed by atoms with Crippen LogP contribution < -0.4 is 10.2 Å². The van der Waals surface area contributed by atoms with E-state index in [0.717, 1.165) is 23.5 Å². The van der Waals surface area contributed by atoms with Gasteiger partial charge in [0.25, 0.3) is 0 Å². The van der Waals surface area contributed by atoms with Gasteiger partial charge in [-0.25, -0.2) is 8.42 Å². The molecule has 1 aromatic carbocycles. The summed E-state index contributed by atoms with van der Waals surface area (Å²) in [5.41, 5.74) is 2.55. The van der Waals surface area contributed by atoms with Gasteiger partial charge in [0.2, 0.25) is 15.9 Å². The third kappa shape index (κ3) is 3.98. The molecule has 22 heavy (non-hydrogen) atoms. The predicted octanol–water partition coefficient (Wildman–Crippen LogP) is 0.445. The predicted molar refractivity (Wildman–Crippen MR) is 87.4 cm³/mol. The third-order valence-corrected chi connectivity index (χ3v) is 5.24. The van der Waals surface area contributed by atoms with Gasteiger partial charge in [-0.1, -0.05) is 18.2 Å². The highest BCUT2D eigenvalue weighted by atomic mass is 32.2. The molecule has 0 radical (unpaired) electrons. The van der Waals surface area contributed by atoms with Crippen LogP contribution in [0.25, 0.3) is 0 Å². The number of nitrogens with zero attached hydrogens (tertiary/aromatic N) is 2. The first-order valence-electron chi connectivity index (χ1n) is 7.31. The number of para-hydroxylation sites is 1. The Morgan fingerprint density at radius 1 is 1.41 bits per heavy atom. The van der Waals surface area contributed by atoms with Crippen molar-refractivity contribution in [3.8, 4) is 0 Å². The van der Waals surface area contributed by atoms with Crippen LogP contribution in [0.4, 0.5) is 5.69 Å². The largest absolute Gasteiger partial charge is 0.366 e. The molecule has 2 rings (SSSR count). The van der Waals surface area contributed by atoms with Crippen molar-refractivity contribution < 1.29 is 13.2 Å². The van der Waals surface area contributed by atoms with Gasteiger partial charge >= 0.3 is 0 Å². The van der Waals surface area contributed by atoms with Crippen molar-refractivity contribution >= 4 is 21.6 Å². The van der Waals surface area contributed by atoms with Gasteiger partial charge < -0.3 is 10.2 Å². The number of hydrogen-bond donors (Lipinski definition) is 1. The molecule has 1 N–H and O–H groups in total. The van der Waals surface area contributed by atoms with Gasteiger partial charge in [0, 0.05) is 31.9 Å². The zero-order valence-electron chi connectivity index (χ0n) is 13.2. The highest BCUT2D eigenvalue weighted by Gasteiger charge is 2.23. The highest BCUT2D eigenvalue weighted by Crippen LogP contribution is 2.28. The lowest BCUT2D eigenvalue weighted by Gasteiger charge is -2.27. The fraction of sp³-hybridized carbons (Fsp3) is 0.533. The van der Waals surface area contributed by atoms with Gasteiger partial charge in [-0.2, -0.15) is 4.31 Å². The number of carbonyl (C=O) groups is 1. The van der Waals surface area contributed by atoms with E-state index in [1.54, 1.807) is 0 Å². The van der Waals surface area contributed by atoms with E-state index in [-0.39, 0.29) is 18.5 Å². The Labute approximate surface area is 132 Å². The maximum atomic E-state index is 11.8. The van der Waals surface area contributed by atoms with E-state index in [0.29, 0.717) is 6.54 Å². The van der Waals surface area contributed by atoms with Crippen LogP contribution >= 0.6 is 0 Å². The average Bonchev–Trinajstić information content (AvgIpc) is 2.87. The number of nitrogens with one attached hydrogen (secondary N) is 1. The second-order valence-corrected chi connectivity index (χ2v) is 7.83. The van der Waals surface area contributed by atoms with Crippen LogP contribution in [0.2, 0.25) is 0 Å². The van der Waals surface area contributed by atoms with Gasteiger partial charge in [0.15, 0.2) is 0 Å². The molecule has 0 bridgehead atoms. The van der Waals surface area contributed by atoms with Crippen molar-refractivity contribution in [2.45, 2.75) is 19.4 Å². The number of hydrogen-bond acceptors (Lipinski definition) is 4. The first-order chi connectivity index (χ1) is 10.3. The van der Waals surface area contributed by atoms with Crippen LogP contribution in [-0.2, 0) is 21.2 Å². The normalized spacial score (nSPS) is 15.7. The van der Waals surface area contributed by atoms with Gasteiger partial charge in [-0.3, -0.25) is 4.79 Å². The molecule has 0 aliphatic carbocycles. The average molecular weight is 325 g/mol. The highest BCUT2D eigenvalue weighted by molar-refractivity contribution is 7.88. The molecular formula is C15H23N3O3S. The van der Waals surface area contributed by atoms with Crippen LogP contribution in [0.3, 0.4) is 0 Å². The lowest BCUT2D eigenvalue weighted by Crippen LogP contribution is -2.44. The van der Waals surface area contributed by atoms with E-state index in [1.165, 1.54) is 18.3 Å². The molecule has 1 aromatic rings. The number of likely N-dealkylation sites (N-methyl/N-ethyl adjacent to an activating group) is 1. The van der Waals surface area contributed by atoms with Crippen LogP contribution in [0.1, 0.15) is 12.5 Å². The summed E-state index contributed by atoms with van der Waals surface area (Å²) in [5, 5.41) is 2.81. The second-order valence-electron chi connectivity index (χ2n) is 5.74. The van der Waals surface area contributed by atoms with Crippen molar-refractivity contribution in [1.29, 1.82) is 0 Å². The molecule has 0 saturated heterocycles. The van der Waals surface area contributed by atoms with Crippen molar-refractivity contribution in [3.63, 3.8) is 0 Å². The Morgan fingerprint density at radius 3 is 2.77 bits per heavy atom. The Kier molecular flexibility index (Phi) is 5.08. The summed E-state index contributed by atoms with van der Waals surface area (Å²) < 4.78 is 23.6. The Hall–Kier alpha value is -1.60. The minimum absolute atomic E-state index is 0.151. The molecule has 0 unspecified atom stereocenters. The summed E-state index contributed by atoms with van der Waals surface area (Å²) in [5.74, 6) is -0.285. The Bertz CT molecular complexity index is 645. The Morgan fingerprint density at radius 2 is 2.09 bits per heavy atom. The lowest BCUT2D eigenvalue weighted by atomic mass is 10.2. The second kappa shape index (κ2) is 6.66. The molecule has 1 atom stereocenters. The summed E-state index contributed by atoms with van der Waals surface area (Å²) in [6.45, 7) is 3.34. The molecule has 1 heterocycles. The van der Waals surface area contributed by atoms with Gasteiger partial charge in [-0.15, -0.1) is 0 Å².